The van der Waals surface area contributed by atoms with Crippen LogP contribution in [0.1, 0.15) is 10.5 Å². The molecule has 1 aromatic carbocycles. The lowest BCUT2D eigenvalue weighted by Crippen LogP contribution is -2.26. The van der Waals surface area contributed by atoms with Crippen molar-refractivity contribution < 1.29 is 4.79 Å². The molecule has 0 unspecified atom stereocenters. The van der Waals surface area contributed by atoms with Crippen LogP contribution in [0.2, 0.25) is 0 Å². The Hall–Kier alpha value is -1.68. The summed E-state index contributed by atoms with van der Waals surface area (Å²) >= 11 is 3.25. The molecule has 3 nitrogen and oxygen atoms in total. The fraction of sp³-hybridized carbons (Fsp3) is 0.0769. The molecule has 0 bridgehead atoms. The van der Waals surface area contributed by atoms with Crippen LogP contribution in [0, 0.1) is 0 Å². The first-order valence-electron chi connectivity index (χ1n) is 5.14. The number of hydrogen-bond acceptors (Lipinski definition) is 2. The molecule has 2 rings (SSSR count). The van der Waals surface area contributed by atoms with Gasteiger partial charge in [0.1, 0.15) is 10.3 Å². The van der Waals surface area contributed by atoms with E-state index in [1.165, 1.54) is 0 Å². The first-order valence-corrected chi connectivity index (χ1v) is 5.93. The number of amides is 1. The Labute approximate surface area is 108 Å². The maximum Gasteiger partial charge on any atom is 0.276 e. The number of pyridine rings is 1. The van der Waals surface area contributed by atoms with Crippen molar-refractivity contribution >= 4 is 27.5 Å². The van der Waals surface area contributed by atoms with Gasteiger partial charge in [0.15, 0.2) is 0 Å². The molecule has 0 saturated heterocycles. The van der Waals surface area contributed by atoms with Crippen LogP contribution < -0.4 is 4.90 Å². The van der Waals surface area contributed by atoms with E-state index >= 15 is 0 Å². The third-order valence-electron chi connectivity index (χ3n) is 2.38. The summed E-state index contributed by atoms with van der Waals surface area (Å²) in [7, 11) is 1.74. The average Bonchev–Trinajstić information content (AvgIpc) is 2.38. The van der Waals surface area contributed by atoms with Gasteiger partial charge in [0.25, 0.3) is 5.91 Å². The van der Waals surface area contributed by atoms with Gasteiger partial charge >= 0.3 is 0 Å². The molecule has 0 radical (unpaired) electrons. The number of carbonyl (C=O) groups is 1. The van der Waals surface area contributed by atoms with Gasteiger partial charge in [0.2, 0.25) is 0 Å². The highest BCUT2D eigenvalue weighted by atomic mass is 79.9. The molecular weight excluding hydrogens is 280 g/mol. The number of carbonyl (C=O) groups excluding carboxylic acids is 1. The van der Waals surface area contributed by atoms with Crippen LogP contribution in [0.15, 0.2) is 53.1 Å². The molecule has 0 fully saturated rings. The highest BCUT2D eigenvalue weighted by Crippen LogP contribution is 2.15. The smallest absolute Gasteiger partial charge is 0.276 e. The normalized spacial score (nSPS) is 10.0. The zero-order valence-electron chi connectivity index (χ0n) is 9.30. The average molecular weight is 291 g/mol. The quantitative estimate of drug-likeness (QED) is 0.796. The lowest BCUT2D eigenvalue weighted by Gasteiger charge is -2.16. The van der Waals surface area contributed by atoms with E-state index in [1.54, 1.807) is 30.1 Å². The topological polar surface area (TPSA) is 33.2 Å². The van der Waals surface area contributed by atoms with Gasteiger partial charge in [-0.25, -0.2) is 4.98 Å². The lowest BCUT2D eigenvalue weighted by molar-refractivity contribution is 0.0988. The van der Waals surface area contributed by atoms with Crippen LogP contribution in [-0.2, 0) is 0 Å². The Morgan fingerprint density at radius 3 is 2.47 bits per heavy atom. The Bertz CT molecular complexity index is 528. The summed E-state index contributed by atoms with van der Waals surface area (Å²) in [4.78, 5) is 17.9. The highest BCUT2D eigenvalue weighted by Gasteiger charge is 2.14. The number of halogens is 1. The van der Waals surface area contributed by atoms with Gasteiger partial charge < -0.3 is 4.90 Å². The molecule has 0 atom stereocenters. The second-order valence-electron chi connectivity index (χ2n) is 3.55. The fourth-order valence-electron chi connectivity index (χ4n) is 1.47. The SMILES string of the molecule is CN(C(=O)c1cccc(Br)n1)c1ccccc1. The van der Waals surface area contributed by atoms with E-state index in [2.05, 4.69) is 20.9 Å². The van der Waals surface area contributed by atoms with Crippen molar-refractivity contribution in [1.29, 1.82) is 0 Å². The minimum Gasteiger partial charge on any atom is -0.310 e. The van der Waals surface area contributed by atoms with E-state index in [4.69, 9.17) is 0 Å². The molecule has 4 heteroatoms. The molecule has 1 amide bonds. The van der Waals surface area contributed by atoms with Crippen molar-refractivity contribution in [2.75, 3.05) is 11.9 Å². The van der Waals surface area contributed by atoms with Crippen molar-refractivity contribution in [2.24, 2.45) is 0 Å². The predicted octanol–water partition coefficient (Wildman–Crippen LogP) is 3.12. The molecule has 86 valence electrons. The van der Waals surface area contributed by atoms with E-state index in [-0.39, 0.29) is 5.91 Å². The molecule has 0 aliphatic heterocycles. The second kappa shape index (κ2) is 5.10. The molecule has 1 aromatic heterocycles. The summed E-state index contributed by atoms with van der Waals surface area (Å²) in [5.41, 5.74) is 1.27. The zero-order valence-corrected chi connectivity index (χ0v) is 10.9. The van der Waals surface area contributed by atoms with Gasteiger partial charge in [-0.3, -0.25) is 4.79 Å². The first kappa shape index (κ1) is 11.8. The third-order valence-corrected chi connectivity index (χ3v) is 2.82. The standard InChI is InChI=1S/C13H11BrN2O/c1-16(10-6-3-2-4-7-10)13(17)11-8-5-9-12(14)15-11/h2-9H,1H3. The van der Waals surface area contributed by atoms with Crippen LogP contribution in [0.3, 0.4) is 0 Å². The van der Waals surface area contributed by atoms with E-state index < -0.39 is 0 Å². The number of para-hydroxylation sites is 1. The number of anilines is 1. The van der Waals surface area contributed by atoms with E-state index in [0.717, 1.165) is 5.69 Å². The summed E-state index contributed by atoms with van der Waals surface area (Å²) in [6.07, 6.45) is 0. The van der Waals surface area contributed by atoms with Crippen LogP contribution in [0.4, 0.5) is 5.69 Å². The largest absolute Gasteiger partial charge is 0.310 e. The summed E-state index contributed by atoms with van der Waals surface area (Å²) in [6, 6.07) is 14.8. The fourth-order valence-corrected chi connectivity index (χ4v) is 1.81. The summed E-state index contributed by atoms with van der Waals surface area (Å²) < 4.78 is 0.657. The predicted molar refractivity (Wildman–Crippen MR) is 71.1 cm³/mol. The molecular formula is C13H11BrN2O. The molecule has 0 saturated carbocycles. The Morgan fingerprint density at radius 2 is 1.82 bits per heavy atom. The third kappa shape index (κ3) is 2.71. The maximum atomic E-state index is 12.1. The number of hydrogen-bond donors (Lipinski definition) is 0. The zero-order chi connectivity index (χ0) is 12.3. The van der Waals surface area contributed by atoms with Gasteiger partial charge in [-0.05, 0) is 40.2 Å². The number of benzene rings is 1. The van der Waals surface area contributed by atoms with Gasteiger partial charge in [0.05, 0.1) is 0 Å². The Morgan fingerprint density at radius 1 is 1.12 bits per heavy atom. The van der Waals surface area contributed by atoms with Crippen molar-refractivity contribution in [1.82, 2.24) is 4.98 Å². The Kier molecular flexibility index (Phi) is 3.54. The van der Waals surface area contributed by atoms with Gasteiger partial charge in [-0.15, -0.1) is 0 Å². The van der Waals surface area contributed by atoms with E-state index in [1.807, 2.05) is 30.3 Å². The number of nitrogens with zero attached hydrogens (tertiary/aromatic N) is 2. The van der Waals surface area contributed by atoms with Gasteiger partial charge in [0, 0.05) is 12.7 Å². The highest BCUT2D eigenvalue weighted by molar-refractivity contribution is 9.10. The van der Waals surface area contributed by atoms with Crippen LogP contribution in [-0.4, -0.2) is 17.9 Å². The molecule has 0 N–H and O–H groups in total. The minimum absolute atomic E-state index is 0.127. The molecule has 2 aromatic rings. The second-order valence-corrected chi connectivity index (χ2v) is 4.36. The van der Waals surface area contributed by atoms with Crippen molar-refractivity contribution in [3.63, 3.8) is 0 Å². The lowest BCUT2D eigenvalue weighted by atomic mass is 10.2. The Balaban J connectivity index is 2.27. The van der Waals surface area contributed by atoms with Crippen LogP contribution in [0.5, 0.6) is 0 Å². The molecule has 0 aliphatic carbocycles. The number of aromatic nitrogens is 1. The summed E-state index contributed by atoms with van der Waals surface area (Å²) in [6.45, 7) is 0. The van der Waals surface area contributed by atoms with Crippen molar-refractivity contribution in [3.8, 4) is 0 Å². The molecule has 0 spiro atoms. The van der Waals surface area contributed by atoms with Crippen LogP contribution in [0.25, 0.3) is 0 Å². The van der Waals surface area contributed by atoms with E-state index in [9.17, 15) is 4.79 Å². The summed E-state index contributed by atoms with van der Waals surface area (Å²) in [5, 5.41) is 0. The molecule has 17 heavy (non-hydrogen) atoms. The monoisotopic (exact) mass is 290 g/mol. The molecule has 0 aliphatic rings. The van der Waals surface area contributed by atoms with Crippen LogP contribution >= 0.6 is 15.9 Å². The summed E-state index contributed by atoms with van der Waals surface area (Å²) in [5.74, 6) is -0.127. The van der Waals surface area contributed by atoms with Crippen molar-refractivity contribution in [2.45, 2.75) is 0 Å². The van der Waals surface area contributed by atoms with Gasteiger partial charge in [-0.2, -0.15) is 0 Å². The first-order chi connectivity index (χ1) is 8.18. The van der Waals surface area contributed by atoms with E-state index in [0.29, 0.717) is 10.3 Å². The van der Waals surface area contributed by atoms with Crippen molar-refractivity contribution in [3.05, 3.63) is 58.8 Å². The molecule has 1 heterocycles. The maximum absolute atomic E-state index is 12.1. The number of rotatable bonds is 2. The van der Waals surface area contributed by atoms with Gasteiger partial charge in [-0.1, -0.05) is 24.3 Å². The minimum atomic E-state index is -0.127.